The van der Waals surface area contributed by atoms with Gasteiger partial charge in [-0.25, -0.2) is 13.8 Å². The molecule has 2 heterocycles. The van der Waals surface area contributed by atoms with Crippen molar-refractivity contribution in [3.8, 4) is 0 Å². The highest BCUT2D eigenvalue weighted by atomic mass is 19.1. The molecule has 1 fully saturated rings. The van der Waals surface area contributed by atoms with Gasteiger partial charge in [0, 0.05) is 70.7 Å². The summed E-state index contributed by atoms with van der Waals surface area (Å²) in [6.45, 7) is 8.48. The van der Waals surface area contributed by atoms with Crippen molar-refractivity contribution in [2.45, 2.75) is 26.4 Å². The van der Waals surface area contributed by atoms with Crippen LogP contribution in [0.25, 0.3) is 0 Å². The normalized spacial score (nSPS) is 16.6. The molecule has 0 saturated carbocycles. The standard InChI is InChI=1S/C18H24F2N4/c1-2-18-21-3-4-24(18)10-9-22-5-7-23(8-6-22)14-15-11-16(19)13-17(20)12-15/h3-4,11-13H,2,5-10,14H2,1H3. The molecule has 0 radical (unpaired) electrons. The first-order valence-corrected chi connectivity index (χ1v) is 8.53. The van der Waals surface area contributed by atoms with E-state index in [1.807, 2.05) is 12.4 Å². The van der Waals surface area contributed by atoms with E-state index in [2.05, 4.69) is 26.3 Å². The Morgan fingerprint density at radius 2 is 1.62 bits per heavy atom. The van der Waals surface area contributed by atoms with Crippen molar-refractivity contribution in [2.75, 3.05) is 32.7 Å². The lowest BCUT2D eigenvalue weighted by Gasteiger charge is -2.34. The second kappa shape index (κ2) is 7.85. The van der Waals surface area contributed by atoms with Crippen LogP contribution in [0.4, 0.5) is 8.78 Å². The molecule has 130 valence electrons. The third kappa shape index (κ3) is 4.39. The molecule has 4 nitrogen and oxygen atoms in total. The molecule has 0 N–H and O–H groups in total. The van der Waals surface area contributed by atoms with Gasteiger partial charge in [0.05, 0.1) is 0 Å². The summed E-state index contributed by atoms with van der Waals surface area (Å²) in [6, 6.07) is 3.75. The van der Waals surface area contributed by atoms with E-state index in [0.717, 1.165) is 57.6 Å². The number of piperazine rings is 1. The molecule has 1 saturated heterocycles. The van der Waals surface area contributed by atoms with Crippen LogP contribution in [0.5, 0.6) is 0 Å². The number of imidazole rings is 1. The summed E-state index contributed by atoms with van der Waals surface area (Å²) >= 11 is 0. The number of hydrogen-bond acceptors (Lipinski definition) is 3. The van der Waals surface area contributed by atoms with E-state index in [9.17, 15) is 8.78 Å². The van der Waals surface area contributed by atoms with Gasteiger partial charge in [0.15, 0.2) is 0 Å². The second-order valence-electron chi connectivity index (χ2n) is 6.29. The molecule has 0 unspecified atom stereocenters. The van der Waals surface area contributed by atoms with Gasteiger partial charge in [-0.1, -0.05) is 6.92 Å². The Morgan fingerprint density at radius 1 is 0.958 bits per heavy atom. The summed E-state index contributed by atoms with van der Waals surface area (Å²) in [5.41, 5.74) is 0.701. The molecule has 1 aliphatic heterocycles. The van der Waals surface area contributed by atoms with E-state index in [1.54, 1.807) is 0 Å². The number of rotatable bonds is 6. The Balaban J connectivity index is 1.45. The Morgan fingerprint density at radius 3 is 2.29 bits per heavy atom. The van der Waals surface area contributed by atoms with Gasteiger partial charge < -0.3 is 4.57 Å². The molecule has 24 heavy (non-hydrogen) atoms. The van der Waals surface area contributed by atoms with Crippen LogP contribution in [0.3, 0.4) is 0 Å². The van der Waals surface area contributed by atoms with E-state index < -0.39 is 11.6 Å². The van der Waals surface area contributed by atoms with E-state index in [4.69, 9.17) is 0 Å². The Kier molecular flexibility index (Phi) is 5.58. The van der Waals surface area contributed by atoms with Crippen molar-refractivity contribution in [1.29, 1.82) is 0 Å². The second-order valence-corrected chi connectivity index (χ2v) is 6.29. The van der Waals surface area contributed by atoms with Gasteiger partial charge in [0.1, 0.15) is 17.5 Å². The molecule has 3 rings (SSSR count). The summed E-state index contributed by atoms with van der Waals surface area (Å²) in [4.78, 5) is 9.03. The SMILES string of the molecule is CCc1nccn1CCN1CCN(Cc2cc(F)cc(F)c2)CC1. The zero-order valence-corrected chi connectivity index (χ0v) is 14.1. The quantitative estimate of drug-likeness (QED) is 0.811. The van der Waals surface area contributed by atoms with Crippen LogP contribution in [0, 0.1) is 11.6 Å². The fourth-order valence-electron chi connectivity index (χ4n) is 3.24. The summed E-state index contributed by atoms with van der Waals surface area (Å²) < 4.78 is 28.7. The van der Waals surface area contributed by atoms with E-state index in [1.165, 1.54) is 12.1 Å². The minimum absolute atomic E-state index is 0.504. The number of halogens is 2. The minimum Gasteiger partial charge on any atom is -0.334 e. The first-order valence-electron chi connectivity index (χ1n) is 8.53. The molecule has 0 atom stereocenters. The third-order valence-electron chi connectivity index (χ3n) is 4.57. The van der Waals surface area contributed by atoms with Gasteiger partial charge in [-0.05, 0) is 17.7 Å². The monoisotopic (exact) mass is 334 g/mol. The fraction of sp³-hybridized carbons (Fsp3) is 0.500. The molecule has 2 aromatic rings. The first-order chi connectivity index (χ1) is 11.6. The topological polar surface area (TPSA) is 24.3 Å². The lowest BCUT2D eigenvalue weighted by molar-refractivity contribution is 0.123. The average molecular weight is 334 g/mol. The number of aromatic nitrogens is 2. The summed E-state index contributed by atoms with van der Waals surface area (Å²) in [7, 11) is 0. The predicted molar refractivity (Wildman–Crippen MR) is 89.7 cm³/mol. The number of aryl methyl sites for hydroxylation is 1. The highest BCUT2D eigenvalue weighted by molar-refractivity contribution is 5.17. The highest BCUT2D eigenvalue weighted by Crippen LogP contribution is 2.12. The van der Waals surface area contributed by atoms with Gasteiger partial charge in [-0.2, -0.15) is 0 Å². The predicted octanol–water partition coefficient (Wildman–Crippen LogP) is 2.54. The minimum atomic E-state index is -0.504. The van der Waals surface area contributed by atoms with Crippen molar-refractivity contribution in [2.24, 2.45) is 0 Å². The van der Waals surface area contributed by atoms with Crippen LogP contribution in [-0.2, 0) is 19.5 Å². The van der Waals surface area contributed by atoms with Gasteiger partial charge in [0.25, 0.3) is 0 Å². The van der Waals surface area contributed by atoms with Crippen LogP contribution in [0.1, 0.15) is 18.3 Å². The zero-order valence-electron chi connectivity index (χ0n) is 14.1. The Labute approximate surface area is 141 Å². The fourth-order valence-corrected chi connectivity index (χ4v) is 3.24. The summed E-state index contributed by atoms with van der Waals surface area (Å²) in [5, 5.41) is 0. The number of benzene rings is 1. The number of hydrogen-bond donors (Lipinski definition) is 0. The van der Waals surface area contributed by atoms with Gasteiger partial charge in [-0.3, -0.25) is 9.80 Å². The maximum atomic E-state index is 13.3. The highest BCUT2D eigenvalue weighted by Gasteiger charge is 2.17. The Hall–Kier alpha value is -1.79. The zero-order chi connectivity index (χ0) is 16.9. The first kappa shape index (κ1) is 17.0. The average Bonchev–Trinajstić information content (AvgIpc) is 3.01. The van der Waals surface area contributed by atoms with Crippen molar-refractivity contribution >= 4 is 0 Å². The third-order valence-corrected chi connectivity index (χ3v) is 4.57. The molecule has 1 aromatic heterocycles. The van der Waals surface area contributed by atoms with E-state index in [0.29, 0.717) is 12.1 Å². The molecule has 0 spiro atoms. The Bertz CT molecular complexity index is 643. The summed E-state index contributed by atoms with van der Waals surface area (Å²) in [6.07, 6.45) is 4.84. The molecular weight excluding hydrogens is 310 g/mol. The van der Waals surface area contributed by atoms with Crippen molar-refractivity contribution < 1.29 is 8.78 Å². The maximum absolute atomic E-state index is 13.3. The van der Waals surface area contributed by atoms with Gasteiger partial charge in [-0.15, -0.1) is 0 Å². The van der Waals surface area contributed by atoms with Gasteiger partial charge in [0.2, 0.25) is 0 Å². The molecule has 1 aromatic carbocycles. The molecule has 0 aliphatic carbocycles. The number of nitrogens with zero attached hydrogens (tertiary/aromatic N) is 4. The van der Waals surface area contributed by atoms with Crippen LogP contribution >= 0.6 is 0 Å². The van der Waals surface area contributed by atoms with Crippen LogP contribution in [0.15, 0.2) is 30.6 Å². The van der Waals surface area contributed by atoms with Gasteiger partial charge >= 0.3 is 0 Å². The largest absolute Gasteiger partial charge is 0.334 e. The van der Waals surface area contributed by atoms with E-state index >= 15 is 0 Å². The molecular formula is C18H24F2N4. The summed E-state index contributed by atoms with van der Waals surface area (Å²) in [5.74, 6) is 0.119. The smallest absolute Gasteiger partial charge is 0.126 e. The van der Waals surface area contributed by atoms with Crippen LogP contribution in [0.2, 0.25) is 0 Å². The lowest BCUT2D eigenvalue weighted by Crippen LogP contribution is -2.46. The van der Waals surface area contributed by atoms with Crippen LogP contribution in [-0.4, -0.2) is 52.1 Å². The lowest BCUT2D eigenvalue weighted by atomic mass is 10.2. The maximum Gasteiger partial charge on any atom is 0.126 e. The molecule has 6 heteroatoms. The van der Waals surface area contributed by atoms with Crippen molar-refractivity contribution in [3.05, 3.63) is 53.6 Å². The molecule has 0 bridgehead atoms. The molecule has 1 aliphatic rings. The van der Waals surface area contributed by atoms with Crippen molar-refractivity contribution in [1.82, 2.24) is 19.4 Å². The van der Waals surface area contributed by atoms with Crippen LogP contribution < -0.4 is 0 Å². The van der Waals surface area contributed by atoms with E-state index in [-0.39, 0.29) is 0 Å². The van der Waals surface area contributed by atoms with Crippen molar-refractivity contribution in [3.63, 3.8) is 0 Å². The molecule has 0 amide bonds.